The van der Waals surface area contributed by atoms with Crippen LogP contribution in [0.2, 0.25) is 0 Å². The lowest BCUT2D eigenvalue weighted by molar-refractivity contribution is -2.00. The third-order valence-corrected chi connectivity index (χ3v) is 7.42. The Morgan fingerprint density at radius 1 is 0.935 bits per heavy atom. The van der Waals surface area contributed by atoms with E-state index in [1.165, 1.54) is 65.1 Å². The third kappa shape index (κ3) is 4.35. The van der Waals surface area contributed by atoms with Crippen LogP contribution in [0, 0.1) is 10.2 Å². The number of hydrogen-bond acceptors (Lipinski definition) is 6. The maximum absolute atomic E-state index is 8.49. The molecule has 1 aromatic heterocycles. The molecule has 0 fully saturated rings. The summed E-state index contributed by atoms with van der Waals surface area (Å²) in [5.74, 6) is 0. The Hall–Kier alpha value is -2.00. The van der Waals surface area contributed by atoms with E-state index in [0.717, 1.165) is 13.0 Å². The van der Waals surface area contributed by atoms with Crippen LogP contribution in [0.3, 0.4) is 0 Å². The molecule has 6 nitrogen and oxygen atoms in total. The lowest BCUT2D eigenvalue weighted by atomic mass is 9.89. The second-order valence-corrected chi connectivity index (χ2v) is 9.99. The van der Waals surface area contributed by atoms with Gasteiger partial charge in [0, 0.05) is 36.8 Å². The van der Waals surface area contributed by atoms with Gasteiger partial charge in [0.1, 0.15) is 4.70 Å². The van der Waals surface area contributed by atoms with Crippen LogP contribution in [0.1, 0.15) is 41.0 Å². The zero-order chi connectivity index (χ0) is 21.6. The van der Waals surface area contributed by atoms with Crippen LogP contribution in [-0.2, 0) is 19.4 Å². The summed E-state index contributed by atoms with van der Waals surface area (Å²) in [6, 6.07) is 13.8. The Kier molecular flexibility index (Phi) is 5.50. The summed E-state index contributed by atoms with van der Waals surface area (Å²) < 4.78 is 37.9. The molecular formula is C23H23ClN2O4S. The second-order valence-electron chi connectivity index (χ2n) is 8.21. The molecule has 4 heterocycles. The van der Waals surface area contributed by atoms with E-state index in [1.807, 2.05) is 11.3 Å². The number of hydrogen-bond donors (Lipinski definition) is 0. The van der Waals surface area contributed by atoms with Gasteiger partial charge in [-0.3, -0.25) is 0 Å². The number of thiazole rings is 1. The zero-order valence-corrected chi connectivity index (χ0v) is 18.6. The first-order valence-electron chi connectivity index (χ1n) is 10.5. The molecule has 0 atom stereocenters. The number of anilines is 1. The molecule has 0 unspecified atom stereocenters. The van der Waals surface area contributed by atoms with Crippen LogP contribution in [-0.4, -0.2) is 13.1 Å². The lowest BCUT2D eigenvalue weighted by Gasteiger charge is -2.37. The predicted octanol–water partition coefficient (Wildman–Crippen LogP) is 0.0759. The highest BCUT2D eigenvalue weighted by atomic mass is 35.7. The van der Waals surface area contributed by atoms with Gasteiger partial charge in [-0.15, -0.1) is 10.2 Å². The molecule has 8 heteroatoms. The monoisotopic (exact) mass is 458 g/mol. The molecular weight excluding hydrogens is 436 g/mol. The summed E-state index contributed by atoms with van der Waals surface area (Å²) >= 11 is 1.95. The molecule has 0 saturated carbocycles. The molecule has 0 bridgehead atoms. The van der Waals surface area contributed by atoms with Gasteiger partial charge in [-0.1, -0.05) is 23.5 Å². The quantitative estimate of drug-likeness (QED) is 0.481. The maximum atomic E-state index is 8.49. The minimum atomic E-state index is -4.94. The van der Waals surface area contributed by atoms with E-state index in [0.29, 0.717) is 0 Å². The highest BCUT2D eigenvalue weighted by Gasteiger charge is 2.30. The van der Waals surface area contributed by atoms with E-state index >= 15 is 0 Å². The molecule has 0 radical (unpaired) electrons. The molecule has 0 N–H and O–H groups in total. The highest BCUT2D eigenvalue weighted by Crippen LogP contribution is 2.38. The van der Waals surface area contributed by atoms with Crippen molar-refractivity contribution in [3.63, 3.8) is 0 Å². The van der Waals surface area contributed by atoms with Crippen LogP contribution in [0.5, 0.6) is 0 Å². The number of aromatic nitrogens is 1. The SMILES string of the molecule is C(=C1/CC[n+]2c1sc1ccccc12)/c1cc2c3c(c1)CCCN3CCC2.[O-][Cl+3]([O-])([O-])[O-]. The van der Waals surface area contributed by atoms with E-state index in [4.69, 9.17) is 18.6 Å². The van der Waals surface area contributed by atoms with Gasteiger partial charge in [-0.2, -0.15) is 4.57 Å². The van der Waals surface area contributed by atoms with Gasteiger partial charge < -0.3 is 4.90 Å². The topological polar surface area (TPSA) is 99.4 Å². The predicted molar refractivity (Wildman–Crippen MR) is 110 cm³/mol. The summed E-state index contributed by atoms with van der Waals surface area (Å²) in [5.41, 5.74) is 9.08. The Morgan fingerprint density at radius 3 is 2.26 bits per heavy atom. The standard InChI is InChI=1S/C23H23N2S.ClHO4/c1-2-8-21-20(7-1)25-12-9-19(23(25)26-21)15-16-13-17-5-3-10-24-11-4-6-18(14-16)22(17)24;2-1(3,4)5/h1-2,7-8,13-15H,3-6,9-12H2;(H,2,3,4,5)/q+1;/p-1. The van der Waals surface area contributed by atoms with E-state index in [2.05, 4.69) is 51.9 Å². The summed E-state index contributed by atoms with van der Waals surface area (Å²) in [6.07, 6.45) is 8.75. The molecule has 3 aromatic rings. The average Bonchev–Trinajstić information content (AvgIpc) is 3.27. The van der Waals surface area contributed by atoms with E-state index in [9.17, 15) is 0 Å². The van der Waals surface area contributed by atoms with Crippen molar-refractivity contribution in [1.82, 2.24) is 0 Å². The molecule has 0 saturated heterocycles. The first kappa shape index (κ1) is 20.9. The maximum Gasteiger partial charge on any atom is 0.266 e. The van der Waals surface area contributed by atoms with E-state index in [-0.39, 0.29) is 0 Å². The van der Waals surface area contributed by atoms with Gasteiger partial charge >= 0.3 is 0 Å². The zero-order valence-electron chi connectivity index (χ0n) is 17.0. The fourth-order valence-electron chi connectivity index (χ4n) is 5.08. The molecule has 31 heavy (non-hydrogen) atoms. The van der Waals surface area contributed by atoms with Crippen molar-refractivity contribution in [1.29, 1.82) is 0 Å². The molecule has 0 aliphatic carbocycles. The molecule has 3 aliphatic heterocycles. The number of nitrogens with zero attached hydrogens (tertiary/aromatic N) is 2. The van der Waals surface area contributed by atoms with Crippen molar-refractivity contribution >= 4 is 38.9 Å². The van der Waals surface area contributed by atoms with Gasteiger partial charge in [-0.25, -0.2) is 18.6 Å². The van der Waals surface area contributed by atoms with Crippen molar-refractivity contribution in [3.05, 3.63) is 58.1 Å². The fourth-order valence-corrected chi connectivity index (χ4v) is 6.31. The molecule has 6 rings (SSSR count). The van der Waals surface area contributed by atoms with Crippen LogP contribution in [0.25, 0.3) is 21.9 Å². The van der Waals surface area contributed by atoms with Gasteiger partial charge in [-0.05, 0) is 66.6 Å². The van der Waals surface area contributed by atoms with Crippen molar-refractivity contribution in [2.24, 2.45) is 0 Å². The molecule has 3 aliphatic rings. The summed E-state index contributed by atoms with van der Waals surface area (Å²) in [5, 5.41) is 1.46. The van der Waals surface area contributed by atoms with E-state index in [1.54, 1.807) is 16.8 Å². The summed E-state index contributed by atoms with van der Waals surface area (Å²) in [7, 11) is -4.94. The molecule has 162 valence electrons. The van der Waals surface area contributed by atoms with Crippen LogP contribution in [0.4, 0.5) is 5.69 Å². The Balaban J connectivity index is 0.000000371. The Bertz CT molecular complexity index is 1130. The summed E-state index contributed by atoms with van der Waals surface area (Å²) in [4.78, 5) is 2.63. The number of aryl methyl sites for hydroxylation is 3. The Labute approximate surface area is 187 Å². The van der Waals surface area contributed by atoms with E-state index < -0.39 is 10.2 Å². The number of fused-ring (bicyclic) bond motifs is 3. The minimum absolute atomic E-state index is 1.12. The second kappa shape index (κ2) is 8.16. The number of allylic oxidation sites excluding steroid dienone is 1. The van der Waals surface area contributed by atoms with Crippen LogP contribution in [0.15, 0.2) is 36.4 Å². The van der Waals surface area contributed by atoms with Crippen LogP contribution < -0.4 is 28.1 Å². The largest absolute Gasteiger partial charge is 0.371 e. The number of rotatable bonds is 1. The van der Waals surface area contributed by atoms with Crippen molar-refractivity contribution in [2.45, 2.75) is 38.6 Å². The van der Waals surface area contributed by atoms with Crippen LogP contribution >= 0.6 is 11.3 Å². The van der Waals surface area contributed by atoms with Gasteiger partial charge in [0.05, 0.1) is 0 Å². The highest BCUT2D eigenvalue weighted by molar-refractivity contribution is 7.19. The number of para-hydroxylation sites is 1. The Morgan fingerprint density at radius 2 is 1.58 bits per heavy atom. The molecule has 0 spiro atoms. The van der Waals surface area contributed by atoms with Gasteiger partial charge in [0.15, 0.2) is 6.54 Å². The molecule has 0 amide bonds. The van der Waals surface area contributed by atoms with Gasteiger partial charge in [0.25, 0.3) is 5.01 Å². The molecule has 2 aromatic carbocycles. The van der Waals surface area contributed by atoms with Crippen molar-refractivity contribution in [2.75, 3.05) is 18.0 Å². The normalized spacial score (nSPS) is 18.6. The number of halogens is 1. The first-order valence-corrected chi connectivity index (χ1v) is 12.6. The van der Waals surface area contributed by atoms with Crippen molar-refractivity contribution < 1.29 is 33.4 Å². The first-order chi connectivity index (χ1) is 14.9. The lowest BCUT2D eigenvalue weighted by Crippen LogP contribution is -2.68. The summed E-state index contributed by atoms with van der Waals surface area (Å²) in [6.45, 7) is 3.63. The average molecular weight is 459 g/mol. The minimum Gasteiger partial charge on any atom is -0.371 e. The smallest absolute Gasteiger partial charge is 0.266 e. The van der Waals surface area contributed by atoms with Crippen molar-refractivity contribution in [3.8, 4) is 0 Å². The number of benzene rings is 2. The fraction of sp³-hybridized carbons (Fsp3) is 0.348. The van der Waals surface area contributed by atoms with Gasteiger partial charge in [0.2, 0.25) is 5.52 Å². The third-order valence-electron chi connectivity index (χ3n) is 6.18.